The summed E-state index contributed by atoms with van der Waals surface area (Å²) in [5.41, 5.74) is 14.6. The van der Waals surface area contributed by atoms with E-state index in [2.05, 4.69) is 9.97 Å². The van der Waals surface area contributed by atoms with Crippen LogP contribution < -0.4 is 20.9 Å². The largest absolute Gasteiger partial charge is 0.497 e. The Morgan fingerprint density at radius 2 is 1.47 bits per heavy atom. The third-order valence-electron chi connectivity index (χ3n) is 5.37. The Labute approximate surface area is 195 Å². The zero-order valence-corrected chi connectivity index (χ0v) is 18.9. The van der Waals surface area contributed by atoms with Crippen molar-refractivity contribution in [2.45, 2.75) is 24.9 Å². The minimum Gasteiger partial charge on any atom is -0.497 e. The molecule has 0 bridgehead atoms. The monoisotopic (exact) mass is 468 g/mol. The van der Waals surface area contributed by atoms with Gasteiger partial charge in [-0.2, -0.15) is 0 Å². The first-order chi connectivity index (χ1) is 16.2. The Hall–Kier alpha value is -4.02. The lowest BCUT2D eigenvalue weighted by molar-refractivity contribution is -0.139. The maximum Gasteiger partial charge on any atom is 0.320 e. The average molecular weight is 469 g/mol. The van der Waals surface area contributed by atoms with Crippen LogP contribution in [0.1, 0.15) is 11.3 Å². The number of hydrogen-bond donors (Lipinski definition) is 6. The van der Waals surface area contributed by atoms with E-state index in [-0.39, 0.29) is 6.42 Å². The van der Waals surface area contributed by atoms with Gasteiger partial charge >= 0.3 is 11.9 Å². The maximum atomic E-state index is 10.7. The summed E-state index contributed by atoms with van der Waals surface area (Å²) < 4.78 is 10.3. The number of methoxy groups -OCH3 is 2. The van der Waals surface area contributed by atoms with Crippen LogP contribution in [0, 0.1) is 0 Å². The summed E-state index contributed by atoms with van der Waals surface area (Å²) in [7, 11) is 3.20. The van der Waals surface area contributed by atoms with Gasteiger partial charge in [-0.3, -0.25) is 9.59 Å². The normalized spacial score (nSPS) is 12.6. The number of aromatic nitrogens is 2. The molecule has 0 saturated carbocycles. The Kier molecular flexibility index (Phi) is 7.77. The number of H-pyrrole nitrogens is 2. The highest BCUT2D eigenvalue weighted by atomic mass is 16.5. The molecule has 2 atom stereocenters. The van der Waals surface area contributed by atoms with Crippen molar-refractivity contribution in [3.05, 3.63) is 59.9 Å². The van der Waals surface area contributed by atoms with Crippen molar-refractivity contribution in [2.24, 2.45) is 11.5 Å². The van der Waals surface area contributed by atoms with E-state index in [9.17, 15) is 9.59 Å². The third-order valence-corrected chi connectivity index (χ3v) is 5.37. The topological polar surface area (TPSA) is 177 Å². The van der Waals surface area contributed by atoms with E-state index in [1.807, 2.05) is 42.5 Å². The highest BCUT2D eigenvalue weighted by Gasteiger charge is 2.15. The Morgan fingerprint density at radius 1 is 0.882 bits per heavy atom. The fourth-order valence-corrected chi connectivity index (χ4v) is 3.51. The molecule has 10 heteroatoms. The summed E-state index contributed by atoms with van der Waals surface area (Å²) in [6, 6.07) is 11.4. The standard InChI is InChI=1S/2C12H14N2O3/c1-17-8-2-3-11-9(5-8)7(6-14-11)4-10(13)12(15)16;1-17-9-2-3-11-7(5-9)4-8(14-11)6-10(13)12(15)16/h2-3,5-6,10,14H,4,13H2,1H3,(H,15,16);2-5,10,14H,6,13H2,1H3,(H,15,16). The van der Waals surface area contributed by atoms with Crippen LogP contribution >= 0.6 is 0 Å². The van der Waals surface area contributed by atoms with E-state index < -0.39 is 24.0 Å². The average Bonchev–Trinajstić information content (AvgIpc) is 3.41. The molecule has 0 aliphatic carbocycles. The van der Waals surface area contributed by atoms with E-state index in [0.29, 0.717) is 6.42 Å². The van der Waals surface area contributed by atoms with Crippen LogP contribution in [-0.4, -0.2) is 58.4 Å². The Balaban J connectivity index is 0.000000191. The number of carbonyl (C=O) groups is 2. The number of aliphatic carboxylic acids is 2. The smallest absolute Gasteiger partial charge is 0.320 e. The van der Waals surface area contributed by atoms with E-state index in [1.165, 1.54) is 0 Å². The van der Waals surface area contributed by atoms with E-state index in [4.69, 9.17) is 31.2 Å². The van der Waals surface area contributed by atoms with Gasteiger partial charge in [0.05, 0.1) is 14.2 Å². The van der Waals surface area contributed by atoms with Crippen LogP contribution in [0.25, 0.3) is 21.8 Å². The van der Waals surface area contributed by atoms with Gasteiger partial charge in [0.2, 0.25) is 0 Å². The van der Waals surface area contributed by atoms with Crippen molar-refractivity contribution in [1.29, 1.82) is 0 Å². The van der Waals surface area contributed by atoms with Gasteiger partial charge in [0.25, 0.3) is 0 Å². The van der Waals surface area contributed by atoms with E-state index in [1.54, 1.807) is 20.4 Å². The van der Waals surface area contributed by atoms with Gasteiger partial charge in [-0.25, -0.2) is 0 Å². The summed E-state index contributed by atoms with van der Waals surface area (Å²) in [4.78, 5) is 27.6. The molecule has 0 spiro atoms. The molecule has 4 rings (SSSR count). The maximum absolute atomic E-state index is 10.7. The van der Waals surface area contributed by atoms with E-state index >= 15 is 0 Å². The summed E-state index contributed by atoms with van der Waals surface area (Å²) in [5, 5.41) is 19.5. The highest BCUT2D eigenvalue weighted by molar-refractivity contribution is 5.86. The summed E-state index contributed by atoms with van der Waals surface area (Å²) in [6.07, 6.45) is 2.36. The molecule has 0 aliphatic heterocycles. The van der Waals surface area contributed by atoms with Crippen molar-refractivity contribution in [3.63, 3.8) is 0 Å². The number of carboxylic acid groups (broad SMARTS) is 2. The molecule has 2 heterocycles. The molecule has 0 amide bonds. The van der Waals surface area contributed by atoms with Gasteiger partial charge < -0.3 is 41.1 Å². The molecular formula is C24H28N4O6. The van der Waals surface area contributed by atoms with Gasteiger partial charge in [0.1, 0.15) is 23.6 Å². The molecule has 8 N–H and O–H groups in total. The van der Waals surface area contributed by atoms with Gasteiger partial charge in [0, 0.05) is 46.5 Å². The molecule has 34 heavy (non-hydrogen) atoms. The fraction of sp³-hybridized carbons (Fsp3) is 0.250. The first-order valence-electron chi connectivity index (χ1n) is 10.5. The number of benzene rings is 2. The second-order valence-electron chi connectivity index (χ2n) is 7.77. The predicted molar refractivity (Wildman–Crippen MR) is 128 cm³/mol. The van der Waals surface area contributed by atoms with Gasteiger partial charge in [-0.15, -0.1) is 0 Å². The Morgan fingerprint density at radius 3 is 2.09 bits per heavy atom. The molecule has 4 aromatic rings. The number of fused-ring (bicyclic) bond motifs is 2. The first kappa shape index (κ1) is 24.6. The van der Waals surface area contributed by atoms with Crippen molar-refractivity contribution in [3.8, 4) is 11.5 Å². The van der Waals surface area contributed by atoms with Gasteiger partial charge in [-0.05, 0) is 48.0 Å². The SMILES string of the molecule is COc1ccc2[nH]c(CC(N)C(=O)O)cc2c1.COc1ccc2[nH]cc(CC(N)C(=O)O)c2c1. The molecule has 0 saturated heterocycles. The number of nitrogens with one attached hydrogen (secondary N) is 2. The number of hydrogen-bond acceptors (Lipinski definition) is 6. The Bertz CT molecular complexity index is 1290. The lowest BCUT2D eigenvalue weighted by Crippen LogP contribution is -2.32. The number of rotatable bonds is 8. The van der Waals surface area contributed by atoms with Crippen LogP contribution in [0.5, 0.6) is 11.5 Å². The van der Waals surface area contributed by atoms with Gasteiger partial charge in [0.15, 0.2) is 0 Å². The number of aromatic amines is 2. The summed E-state index contributed by atoms with van der Waals surface area (Å²) in [6.45, 7) is 0. The minimum atomic E-state index is -0.999. The molecule has 2 aromatic heterocycles. The molecule has 0 radical (unpaired) electrons. The van der Waals surface area contributed by atoms with Crippen LogP contribution in [0.15, 0.2) is 48.7 Å². The zero-order chi connectivity index (χ0) is 24.8. The lowest BCUT2D eigenvalue weighted by atomic mass is 10.1. The highest BCUT2D eigenvalue weighted by Crippen LogP contribution is 2.24. The molecule has 180 valence electrons. The molecule has 10 nitrogen and oxygen atoms in total. The fourth-order valence-electron chi connectivity index (χ4n) is 3.51. The lowest BCUT2D eigenvalue weighted by Gasteiger charge is -2.05. The van der Waals surface area contributed by atoms with E-state index in [0.717, 1.165) is 44.6 Å². The molecule has 0 fully saturated rings. The van der Waals surface area contributed by atoms with Crippen LogP contribution in [0.4, 0.5) is 0 Å². The van der Waals surface area contributed by atoms with Crippen molar-refractivity contribution >= 4 is 33.7 Å². The van der Waals surface area contributed by atoms with Crippen LogP contribution in [0.3, 0.4) is 0 Å². The van der Waals surface area contributed by atoms with Crippen molar-refractivity contribution in [1.82, 2.24) is 9.97 Å². The number of carboxylic acids is 2. The second kappa shape index (κ2) is 10.7. The van der Waals surface area contributed by atoms with Gasteiger partial charge in [-0.1, -0.05) is 0 Å². The molecule has 2 unspecified atom stereocenters. The minimum absolute atomic E-state index is 0.284. The number of nitrogens with two attached hydrogens (primary N) is 2. The molecular weight excluding hydrogens is 440 g/mol. The first-order valence-corrected chi connectivity index (χ1v) is 10.5. The molecule has 0 aliphatic rings. The third kappa shape index (κ3) is 5.85. The second-order valence-corrected chi connectivity index (χ2v) is 7.77. The van der Waals surface area contributed by atoms with Crippen molar-refractivity contribution in [2.75, 3.05) is 14.2 Å². The predicted octanol–water partition coefficient (Wildman–Crippen LogP) is 2.26. The summed E-state index contributed by atoms with van der Waals surface area (Å²) >= 11 is 0. The van der Waals surface area contributed by atoms with Crippen LogP contribution in [-0.2, 0) is 22.4 Å². The summed E-state index contributed by atoms with van der Waals surface area (Å²) in [5.74, 6) is -0.490. The van der Waals surface area contributed by atoms with Crippen molar-refractivity contribution < 1.29 is 29.3 Å². The zero-order valence-electron chi connectivity index (χ0n) is 18.9. The number of ether oxygens (including phenoxy) is 2. The quantitative estimate of drug-likeness (QED) is 0.228. The van der Waals surface area contributed by atoms with Crippen LogP contribution in [0.2, 0.25) is 0 Å². The molecule has 2 aromatic carbocycles.